The summed E-state index contributed by atoms with van der Waals surface area (Å²) in [5, 5.41) is 0.863. The maximum atomic E-state index is 12.2. The van der Waals surface area contributed by atoms with Gasteiger partial charge in [-0.2, -0.15) is 0 Å². The Kier molecular flexibility index (Phi) is 6.18. The van der Waals surface area contributed by atoms with E-state index >= 15 is 0 Å². The molecule has 0 amide bonds. The van der Waals surface area contributed by atoms with E-state index < -0.39 is 5.63 Å². The van der Waals surface area contributed by atoms with Crippen LogP contribution in [0.3, 0.4) is 0 Å². The second-order valence-corrected chi connectivity index (χ2v) is 6.35. The van der Waals surface area contributed by atoms with Crippen molar-refractivity contribution < 1.29 is 13.9 Å². The Hall–Kier alpha value is -2.10. The van der Waals surface area contributed by atoms with Crippen molar-refractivity contribution >= 4 is 16.8 Å². The van der Waals surface area contributed by atoms with Crippen LogP contribution in [-0.4, -0.2) is 12.4 Å². The average Bonchev–Trinajstić information content (AvgIpc) is 2.53. The van der Waals surface area contributed by atoms with Crippen LogP contribution < -0.4 is 10.4 Å². The summed E-state index contributed by atoms with van der Waals surface area (Å²) >= 11 is 0. The van der Waals surface area contributed by atoms with Crippen molar-refractivity contribution in [3.05, 3.63) is 39.2 Å². The molecule has 0 aliphatic rings. The van der Waals surface area contributed by atoms with Crippen LogP contribution in [0.1, 0.15) is 56.2 Å². The number of ketones is 1. The van der Waals surface area contributed by atoms with E-state index in [9.17, 15) is 9.59 Å². The Morgan fingerprint density at radius 1 is 1.12 bits per heavy atom. The van der Waals surface area contributed by atoms with Gasteiger partial charge in [0.1, 0.15) is 17.1 Å². The van der Waals surface area contributed by atoms with Crippen LogP contribution in [0.15, 0.2) is 21.3 Å². The molecule has 0 bridgehead atoms. The average molecular weight is 330 g/mol. The number of fused-ring (bicyclic) bond motifs is 1. The van der Waals surface area contributed by atoms with Crippen LogP contribution >= 0.6 is 0 Å². The number of carbonyl (C=O) groups excluding carboxylic acids is 1. The topological polar surface area (TPSA) is 56.5 Å². The third-order valence-electron chi connectivity index (χ3n) is 4.34. The fourth-order valence-corrected chi connectivity index (χ4v) is 2.89. The van der Waals surface area contributed by atoms with Gasteiger partial charge in [0.15, 0.2) is 0 Å². The maximum absolute atomic E-state index is 12.2. The van der Waals surface area contributed by atoms with E-state index in [1.807, 2.05) is 26.0 Å². The Bertz CT molecular complexity index is 786. The predicted octanol–water partition coefficient (Wildman–Crippen LogP) is 4.50. The standard InChI is InChI=1S/C20H26O4/c1-5-6-7-8-11-23-18-10-9-16-14(3)17(12-13(2)21)20(22)24-19(16)15(18)4/h9-10H,5-8,11-12H2,1-4H3. The number of rotatable bonds is 8. The summed E-state index contributed by atoms with van der Waals surface area (Å²) in [7, 11) is 0. The third-order valence-corrected chi connectivity index (χ3v) is 4.34. The van der Waals surface area contributed by atoms with Gasteiger partial charge in [-0.05, 0) is 44.9 Å². The molecule has 1 aromatic carbocycles. The van der Waals surface area contributed by atoms with Crippen LogP contribution in [0.2, 0.25) is 0 Å². The molecule has 4 nitrogen and oxygen atoms in total. The van der Waals surface area contributed by atoms with Crippen molar-refractivity contribution in [1.82, 2.24) is 0 Å². The number of hydrogen-bond acceptors (Lipinski definition) is 4. The number of carbonyl (C=O) groups is 1. The number of Topliss-reactive ketones (excluding diaryl/α,β-unsaturated/α-hetero) is 1. The lowest BCUT2D eigenvalue weighted by molar-refractivity contribution is -0.116. The molecule has 0 saturated heterocycles. The van der Waals surface area contributed by atoms with E-state index in [1.54, 1.807) is 0 Å². The lowest BCUT2D eigenvalue weighted by Crippen LogP contribution is -2.14. The fourth-order valence-electron chi connectivity index (χ4n) is 2.89. The van der Waals surface area contributed by atoms with Gasteiger partial charge in [0.2, 0.25) is 0 Å². The smallest absolute Gasteiger partial charge is 0.340 e. The molecule has 4 heteroatoms. The monoisotopic (exact) mass is 330 g/mol. The molecule has 0 spiro atoms. The van der Waals surface area contributed by atoms with Gasteiger partial charge >= 0.3 is 5.63 Å². The first-order chi connectivity index (χ1) is 11.5. The summed E-state index contributed by atoms with van der Waals surface area (Å²) in [6, 6.07) is 3.83. The highest BCUT2D eigenvalue weighted by Crippen LogP contribution is 2.29. The summed E-state index contributed by atoms with van der Waals surface area (Å²) in [6.07, 6.45) is 4.70. The van der Waals surface area contributed by atoms with Crippen LogP contribution in [0.5, 0.6) is 5.75 Å². The molecule has 130 valence electrons. The van der Waals surface area contributed by atoms with Crippen molar-refractivity contribution in [3.63, 3.8) is 0 Å². The highest BCUT2D eigenvalue weighted by atomic mass is 16.5. The molecule has 0 aliphatic heterocycles. The number of benzene rings is 1. The summed E-state index contributed by atoms with van der Waals surface area (Å²) in [4.78, 5) is 23.6. The van der Waals surface area contributed by atoms with E-state index in [1.165, 1.54) is 19.8 Å². The van der Waals surface area contributed by atoms with E-state index in [0.717, 1.165) is 35.1 Å². The van der Waals surface area contributed by atoms with Gasteiger partial charge in [0, 0.05) is 22.9 Å². The van der Waals surface area contributed by atoms with E-state index in [2.05, 4.69) is 6.92 Å². The summed E-state index contributed by atoms with van der Waals surface area (Å²) in [6.45, 7) is 8.08. The Labute approximate surface area is 142 Å². The van der Waals surface area contributed by atoms with Crippen molar-refractivity contribution in [2.24, 2.45) is 0 Å². The highest BCUT2D eigenvalue weighted by Gasteiger charge is 2.16. The van der Waals surface area contributed by atoms with Gasteiger partial charge < -0.3 is 9.15 Å². The second kappa shape index (κ2) is 8.13. The van der Waals surface area contributed by atoms with Gasteiger partial charge in [-0.3, -0.25) is 4.79 Å². The molecular weight excluding hydrogens is 304 g/mol. The molecule has 0 aliphatic carbocycles. The molecule has 2 aromatic rings. The minimum absolute atomic E-state index is 0.0477. The van der Waals surface area contributed by atoms with E-state index in [0.29, 0.717) is 17.8 Å². The van der Waals surface area contributed by atoms with Gasteiger partial charge in [0.05, 0.1) is 6.61 Å². The normalized spacial score (nSPS) is 11.0. The molecule has 24 heavy (non-hydrogen) atoms. The molecule has 1 heterocycles. The summed E-state index contributed by atoms with van der Waals surface area (Å²) in [5.74, 6) is 0.703. The zero-order valence-electron chi connectivity index (χ0n) is 15.0. The van der Waals surface area contributed by atoms with Crippen LogP contribution in [0.25, 0.3) is 11.0 Å². The Morgan fingerprint density at radius 3 is 2.54 bits per heavy atom. The summed E-state index contributed by atoms with van der Waals surface area (Å²) < 4.78 is 11.4. The van der Waals surface area contributed by atoms with Crippen LogP contribution in [-0.2, 0) is 11.2 Å². The number of ether oxygens (including phenoxy) is 1. The molecule has 1 aromatic heterocycles. The molecule has 0 atom stereocenters. The van der Waals surface area contributed by atoms with Gasteiger partial charge in [-0.15, -0.1) is 0 Å². The van der Waals surface area contributed by atoms with Crippen LogP contribution in [0, 0.1) is 13.8 Å². The highest BCUT2D eigenvalue weighted by molar-refractivity contribution is 5.87. The van der Waals surface area contributed by atoms with E-state index in [4.69, 9.17) is 9.15 Å². The van der Waals surface area contributed by atoms with Crippen molar-refractivity contribution in [2.45, 2.75) is 59.8 Å². The first-order valence-corrected chi connectivity index (χ1v) is 8.63. The zero-order valence-corrected chi connectivity index (χ0v) is 15.0. The van der Waals surface area contributed by atoms with Crippen molar-refractivity contribution in [3.8, 4) is 5.75 Å². The SMILES string of the molecule is CCCCCCOc1ccc2c(C)c(CC(C)=O)c(=O)oc2c1C. The Morgan fingerprint density at radius 2 is 1.88 bits per heavy atom. The first-order valence-electron chi connectivity index (χ1n) is 8.63. The number of hydrogen-bond donors (Lipinski definition) is 0. The molecular formula is C20H26O4. The summed E-state index contributed by atoms with van der Waals surface area (Å²) in [5.41, 5.74) is 2.21. The van der Waals surface area contributed by atoms with Crippen LogP contribution in [0.4, 0.5) is 0 Å². The molecule has 0 N–H and O–H groups in total. The van der Waals surface area contributed by atoms with E-state index in [-0.39, 0.29) is 12.2 Å². The molecule has 0 unspecified atom stereocenters. The third kappa shape index (κ3) is 4.05. The van der Waals surface area contributed by atoms with Gasteiger partial charge in [0.25, 0.3) is 0 Å². The fraction of sp³-hybridized carbons (Fsp3) is 0.500. The quantitative estimate of drug-likeness (QED) is 0.528. The lowest BCUT2D eigenvalue weighted by Gasteiger charge is -2.13. The minimum Gasteiger partial charge on any atom is -0.493 e. The molecule has 2 rings (SSSR count). The zero-order chi connectivity index (χ0) is 17.7. The number of aryl methyl sites for hydroxylation is 2. The molecule has 0 saturated carbocycles. The lowest BCUT2D eigenvalue weighted by atomic mass is 10.0. The molecule has 0 radical (unpaired) electrons. The molecule has 0 fully saturated rings. The predicted molar refractivity (Wildman–Crippen MR) is 96.0 cm³/mol. The minimum atomic E-state index is -0.432. The largest absolute Gasteiger partial charge is 0.493 e. The van der Waals surface area contributed by atoms with Crippen molar-refractivity contribution in [2.75, 3.05) is 6.61 Å². The Balaban J connectivity index is 2.31. The van der Waals surface area contributed by atoms with Gasteiger partial charge in [-0.25, -0.2) is 4.79 Å². The van der Waals surface area contributed by atoms with Crippen molar-refractivity contribution in [1.29, 1.82) is 0 Å². The first kappa shape index (κ1) is 18.2. The van der Waals surface area contributed by atoms with Gasteiger partial charge in [-0.1, -0.05) is 26.2 Å². The second-order valence-electron chi connectivity index (χ2n) is 6.35. The maximum Gasteiger partial charge on any atom is 0.340 e. The number of unbranched alkanes of at least 4 members (excludes halogenated alkanes) is 3.